The van der Waals surface area contributed by atoms with Crippen molar-refractivity contribution in [1.29, 1.82) is 0 Å². The van der Waals surface area contributed by atoms with Crippen molar-refractivity contribution in [2.24, 2.45) is 0 Å². The minimum Gasteiger partial charge on any atom is -0.334 e. The van der Waals surface area contributed by atoms with Gasteiger partial charge in [0.05, 0.1) is 10.6 Å². The van der Waals surface area contributed by atoms with Crippen LogP contribution in [0, 0.1) is 13.8 Å². The normalized spacial score (nSPS) is 14.1. The number of hydrogen-bond donors (Lipinski definition) is 1. The van der Waals surface area contributed by atoms with Crippen LogP contribution in [0.5, 0.6) is 0 Å². The molecule has 2 aromatic heterocycles. The Morgan fingerprint density at radius 3 is 2.48 bits per heavy atom. The number of hydrogen-bond acceptors (Lipinski definition) is 5. The monoisotopic (exact) mass is 426 g/mol. The maximum atomic E-state index is 13.0. The Balaban J connectivity index is 1.37. The number of carbonyl (C=O) groups is 2. The molecule has 0 bridgehead atoms. The van der Waals surface area contributed by atoms with Gasteiger partial charge in [-0.15, -0.1) is 22.7 Å². The van der Waals surface area contributed by atoms with E-state index >= 15 is 0 Å². The van der Waals surface area contributed by atoms with Crippen LogP contribution < -0.4 is 5.32 Å². The van der Waals surface area contributed by atoms with Crippen LogP contribution in [0.15, 0.2) is 41.8 Å². The molecular formula is C21H22N4O2S2. The third-order valence-electron chi connectivity index (χ3n) is 4.85. The number of thiazole rings is 1. The zero-order chi connectivity index (χ0) is 20.4. The van der Waals surface area contributed by atoms with Gasteiger partial charge in [-0.1, -0.05) is 18.2 Å². The number of nitrogens with zero attached hydrogens (tertiary/aromatic N) is 3. The molecule has 3 aromatic rings. The highest BCUT2D eigenvalue weighted by atomic mass is 32.1. The molecule has 1 N–H and O–H groups in total. The summed E-state index contributed by atoms with van der Waals surface area (Å²) in [5, 5.41) is 5.83. The summed E-state index contributed by atoms with van der Waals surface area (Å²) in [6, 6.07) is 11.6. The van der Waals surface area contributed by atoms with Crippen LogP contribution in [0.3, 0.4) is 0 Å². The number of nitrogens with one attached hydrogen (secondary N) is 1. The summed E-state index contributed by atoms with van der Waals surface area (Å²) in [5.74, 6) is 0.00143. The molecule has 0 spiro atoms. The van der Waals surface area contributed by atoms with Gasteiger partial charge < -0.3 is 15.1 Å². The van der Waals surface area contributed by atoms with Crippen LogP contribution in [0.4, 0.5) is 10.5 Å². The van der Waals surface area contributed by atoms with Gasteiger partial charge in [-0.3, -0.25) is 4.79 Å². The van der Waals surface area contributed by atoms with E-state index in [0.717, 1.165) is 26.8 Å². The van der Waals surface area contributed by atoms with Crippen LogP contribution in [-0.4, -0.2) is 52.9 Å². The minimum absolute atomic E-state index is 0.00143. The van der Waals surface area contributed by atoms with Crippen molar-refractivity contribution in [2.75, 3.05) is 31.5 Å². The fourth-order valence-electron chi connectivity index (χ4n) is 3.28. The molecule has 1 aliphatic rings. The number of carbonyl (C=O) groups excluding carboxylic acids is 2. The van der Waals surface area contributed by atoms with Gasteiger partial charge in [0.1, 0.15) is 9.88 Å². The van der Waals surface area contributed by atoms with Gasteiger partial charge in [0.25, 0.3) is 5.91 Å². The molecule has 0 aliphatic carbocycles. The van der Waals surface area contributed by atoms with Crippen molar-refractivity contribution in [3.8, 4) is 9.88 Å². The second kappa shape index (κ2) is 8.34. The number of amides is 3. The minimum atomic E-state index is -0.128. The van der Waals surface area contributed by atoms with E-state index in [1.54, 1.807) is 16.2 Å². The van der Waals surface area contributed by atoms with E-state index in [9.17, 15) is 9.59 Å². The van der Waals surface area contributed by atoms with Crippen molar-refractivity contribution in [2.45, 2.75) is 13.8 Å². The summed E-state index contributed by atoms with van der Waals surface area (Å²) in [6.45, 7) is 5.94. The standard InChI is InChI=1S/C21H22N4O2S2/c1-14-5-3-6-16(13-14)23-21(27)25-10-8-24(9-11-25)20(26)18-15(2)22-19(29-18)17-7-4-12-28-17/h3-7,12-13H,8-11H2,1-2H3,(H,23,27). The summed E-state index contributed by atoms with van der Waals surface area (Å²) in [5.41, 5.74) is 2.65. The van der Waals surface area contributed by atoms with Crippen LogP contribution in [-0.2, 0) is 0 Å². The first-order chi connectivity index (χ1) is 14.0. The number of aryl methyl sites for hydroxylation is 2. The van der Waals surface area contributed by atoms with Crippen molar-refractivity contribution in [3.63, 3.8) is 0 Å². The quantitative estimate of drug-likeness (QED) is 0.672. The molecule has 6 nitrogen and oxygen atoms in total. The van der Waals surface area contributed by atoms with Gasteiger partial charge in [-0.2, -0.15) is 0 Å². The first-order valence-electron chi connectivity index (χ1n) is 9.44. The summed E-state index contributed by atoms with van der Waals surface area (Å²) in [4.78, 5) is 35.4. The lowest BCUT2D eigenvalue weighted by atomic mass is 10.2. The number of piperazine rings is 1. The highest BCUT2D eigenvalue weighted by Crippen LogP contribution is 2.31. The predicted octanol–water partition coefficient (Wildman–Crippen LogP) is 4.48. The second-order valence-electron chi connectivity index (χ2n) is 6.99. The van der Waals surface area contributed by atoms with Gasteiger partial charge in [0, 0.05) is 31.9 Å². The fourth-order valence-corrected chi connectivity index (χ4v) is 5.11. The molecule has 0 saturated carbocycles. The Bertz CT molecular complexity index is 1020. The number of anilines is 1. The summed E-state index contributed by atoms with van der Waals surface area (Å²) < 4.78 is 0. The van der Waals surface area contributed by atoms with Gasteiger partial charge in [-0.25, -0.2) is 9.78 Å². The zero-order valence-corrected chi connectivity index (χ0v) is 18.0. The van der Waals surface area contributed by atoms with Crippen LogP contribution in [0.25, 0.3) is 9.88 Å². The van der Waals surface area contributed by atoms with Crippen molar-refractivity contribution in [3.05, 3.63) is 57.9 Å². The van der Waals surface area contributed by atoms with E-state index in [4.69, 9.17) is 0 Å². The topological polar surface area (TPSA) is 65.5 Å². The Labute approximate surface area is 177 Å². The molecule has 1 aromatic carbocycles. The van der Waals surface area contributed by atoms with Crippen molar-refractivity contribution < 1.29 is 9.59 Å². The molecule has 4 rings (SSSR count). The molecular weight excluding hydrogens is 404 g/mol. The maximum Gasteiger partial charge on any atom is 0.321 e. The number of thiophene rings is 1. The lowest BCUT2D eigenvalue weighted by molar-refractivity contribution is 0.0675. The Morgan fingerprint density at radius 2 is 1.79 bits per heavy atom. The SMILES string of the molecule is Cc1cccc(NC(=O)N2CCN(C(=O)c3sc(-c4cccs4)nc3C)CC2)c1. The van der Waals surface area contributed by atoms with Crippen LogP contribution >= 0.6 is 22.7 Å². The third kappa shape index (κ3) is 4.33. The molecule has 3 amide bonds. The van der Waals surface area contributed by atoms with Crippen LogP contribution in [0.1, 0.15) is 20.9 Å². The molecule has 1 saturated heterocycles. The number of aromatic nitrogens is 1. The van der Waals surface area contributed by atoms with Gasteiger partial charge in [0.15, 0.2) is 0 Å². The summed E-state index contributed by atoms with van der Waals surface area (Å²) >= 11 is 3.07. The average molecular weight is 427 g/mol. The maximum absolute atomic E-state index is 13.0. The molecule has 1 aliphatic heterocycles. The highest BCUT2D eigenvalue weighted by Gasteiger charge is 2.27. The molecule has 0 radical (unpaired) electrons. The van der Waals surface area contributed by atoms with E-state index in [0.29, 0.717) is 31.1 Å². The first-order valence-corrected chi connectivity index (χ1v) is 11.1. The third-order valence-corrected chi connectivity index (χ3v) is 7.03. The van der Waals surface area contributed by atoms with Crippen molar-refractivity contribution in [1.82, 2.24) is 14.8 Å². The molecule has 8 heteroatoms. The molecule has 3 heterocycles. The van der Waals surface area contributed by atoms with Crippen LogP contribution in [0.2, 0.25) is 0 Å². The molecule has 1 fully saturated rings. The van der Waals surface area contributed by atoms with E-state index in [1.807, 2.05) is 60.5 Å². The smallest absolute Gasteiger partial charge is 0.321 e. The zero-order valence-electron chi connectivity index (χ0n) is 16.3. The lowest BCUT2D eigenvalue weighted by Crippen LogP contribution is -2.51. The molecule has 150 valence electrons. The summed E-state index contributed by atoms with van der Waals surface area (Å²) in [7, 11) is 0. The summed E-state index contributed by atoms with van der Waals surface area (Å²) in [6.07, 6.45) is 0. The number of rotatable bonds is 3. The molecule has 0 atom stereocenters. The van der Waals surface area contributed by atoms with E-state index in [2.05, 4.69) is 10.3 Å². The van der Waals surface area contributed by atoms with E-state index in [1.165, 1.54) is 11.3 Å². The highest BCUT2D eigenvalue weighted by molar-refractivity contribution is 7.22. The largest absolute Gasteiger partial charge is 0.334 e. The van der Waals surface area contributed by atoms with Gasteiger partial charge >= 0.3 is 6.03 Å². The van der Waals surface area contributed by atoms with Crippen molar-refractivity contribution >= 4 is 40.3 Å². The number of benzene rings is 1. The predicted molar refractivity (Wildman–Crippen MR) is 118 cm³/mol. The number of urea groups is 1. The van der Waals surface area contributed by atoms with Gasteiger partial charge in [0.2, 0.25) is 0 Å². The lowest BCUT2D eigenvalue weighted by Gasteiger charge is -2.34. The second-order valence-corrected chi connectivity index (χ2v) is 8.94. The van der Waals surface area contributed by atoms with E-state index in [-0.39, 0.29) is 11.9 Å². The average Bonchev–Trinajstić information content (AvgIpc) is 3.37. The Kier molecular flexibility index (Phi) is 5.64. The Hall–Kier alpha value is -2.71. The van der Waals surface area contributed by atoms with Gasteiger partial charge in [-0.05, 0) is 43.0 Å². The molecule has 0 unspecified atom stereocenters. The Morgan fingerprint density at radius 1 is 1.03 bits per heavy atom. The van der Waals surface area contributed by atoms with E-state index < -0.39 is 0 Å². The first kappa shape index (κ1) is 19.6. The molecule has 29 heavy (non-hydrogen) atoms. The fraction of sp³-hybridized carbons (Fsp3) is 0.286.